The second kappa shape index (κ2) is 11.9. The summed E-state index contributed by atoms with van der Waals surface area (Å²) in [6.07, 6.45) is 0. The molecule has 0 saturated carbocycles. The van der Waals surface area contributed by atoms with Crippen molar-refractivity contribution in [3.05, 3.63) is 198 Å². The number of nitrogens with zero attached hydrogens (tertiary/aromatic N) is 1. The molecule has 0 atom stereocenters. The van der Waals surface area contributed by atoms with Gasteiger partial charge in [-0.1, -0.05) is 146 Å². The van der Waals surface area contributed by atoms with E-state index in [1.165, 1.54) is 43.4 Å². The Kier molecular flexibility index (Phi) is 6.70. The average molecular weight is 690 g/mol. The summed E-state index contributed by atoms with van der Waals surface area (Å²) in [7, 11) is 0. The minimum Gasteiger partial charge on any atom is -0.456 e. The van der Waals surface area contributed by atoms with E-state index in [2.05, 4.69) is 138 Å². The van der Waals surface area contributed by atoms with Crippen molar-refractivity contribution in [2.75, 3.05) is 0 Å². The zero-order valence-corrected chi connectivity index (χ0v) is 29.2. The van der Waals surface area contributed by atoms with E-state index >= 15 is 0 Å². The summed E-state index contributed by atoms with van der Waals surface area (Å²) in [6.45, 7) is 0. The van der Waals surface area contributed by atoms with Crippen LogP contribution in [-0.2, 0) is 0 Å². The molecule has 2 heterocycles. The number of hydrogen-bond donors (Lipinski definition) is 0. The quantitative estimate of drug-likeness (QED) is 0.172. The summed E-state index contributed by atoms with van der Waals surface area (Å²) in [6, 6.07) is 65.5. The zero-order chi connectivity index (χ0) is 35.8. The van der Waals surface area contributed by atoms with Crippen molar-refractivity contribution in [2.24, 2.45) is 0 Å². The van der Waals surface area contributed by atoms with Crippen LogP contribution in [0.3, 0.4) is 0 Å². The Hall–Kier alpha value is -7.23. The summed E-state index contributed by atoms with van der Waals surface area (Å²) in [5.41, 5.74) is 10.9. The summed E-state index contributed by atoms with van der Waals surface area (Å²) >= 11 is 0. The molecule has 0 bridgehead atoms. The first kappa shape index (κ1) is 30.4. The van der Waals surface area contributed by atoms with Crippen LogP contribution in [0.25, 0.3) is 104 Å². The molecule has 11 rings (SSSR count). The maximum Gasteiger partial charge on any atom is 0.200 e. The molecule has 0 unspecified atom stereocenters. The number of fused-ring (bicyclic) bond motifs is 9. The van der Waals surface area contributed by atoms with Gasteiger partial charge in [0.15, 0.2) is 0 Å². The van der Waals surface area contributed by atoms with Gasteiger partial charge in [0, 0.05) is 27.2 Å². The molecule has 0 aliphatic heterocycles. The Morgan fingerprint density at radius 2 is 0.796 bits per heavy atom. The lowest BCUT2D eigenvalue weighted by molar-refractivity contribution is 0.660. The highest BCUT2D eigenvalue weighted by Crippen LogP contribution is 2.40. The summed E-state index contributed by atoms with van der Waals surface area (Å²) < 4.78 is 8.74. The Bertz CT molecular complexity index is 3240. The highest BCUT2D eigenvalue weighted by molar-refractivity contribution is 6.23. The molecule has 0 fully saturated rings. The van der Waals surface area contributed by atoms with E-state index in [1.807, 2.05) is 54.6 Å². The first-order valence-electron chi connectivity index (χ1n) is 18.3. The van der Waals surface area contributed by atoms with E-state index < -0.39 is 0 Å². The van der Waals surface area contributed by atoms with Gasteiger partial charge >= 0.3 is 0 Å². The third-order valence-electron chi connectivity index (χ3n) is 11.0. The molecule has 0 aliphatic rings. The van der Waals surface area contributed by atoms with Crippen molar-refractivity contribution in [3.8, 4) is 39.1 Å². The lowest BCUT2D eigenvalue weighted by atomic mass is 9.97. The molecule has 2 aromatic heterocycles. The van der Waals surface area contributed by atoms with E-state index in [0.29, 0.717) is 21.9 Å². The molecule has 3 nitrogen and oxygen atoms in total. The normalized spacial score (nSPS) is 11.8. The fraction of sp³-hybridized carbons (Fsp3) is 0. The summed E-state index contributed by atoms with van der Waals surface area (Å²) in [4.78, 5) is 14.2. The van der Waals surface area contributed by atoms with Crippen molar-refractivity contribution < 1.29 is 4.42 Å². The van der Waals surface area contributed by atoms with Crippen LogP contribution in [0.1, 0.15) is 0 Å². The maximum absolute atomic E-state index is 14.2. The molecule has 252 valence electrons. The van der Waals surface area contributed by atoms with Crippen molar-refractivity contribution in [2.45, 2.75) is 0 Å². The topological polar surface area (TPSA) is 35.1 Å². The molecule has 3 heteroatoms. The maximum atomic E-state index is 14.2. The van der Waals surface area contributed by atoms with Crippen LogP contribution < -0.4 is 5.43 Å². The smallest absolute Gasteiger partial charge is 0.200 e. The highest BCUT2D eigenvalue weighted by Gasteiger charge is 2.18. The van der Waals surface area contributed by atoms with E-state index in [4.69, 9.17) is 4.42 Å². The molecule has 9 aromatic carbocycles. The van der Waals surface area contributed by atoms with Crippen LogP contribution >= 0.6 is 0 Å². The molecule has 54 heavy (non-hydrogen) atoms. The van der Waals surface area contributed by atoms with Crippen LogP contribution in [0.2, 0.25) is 0 Å². The number of rotatable bonds is 4. The molecule has 0 radical (unpaired) electrons. The van der Waals surface area contributed by atoms with Crippen LogP contribution in [0, 0.1) is 0 Å². The van der Waals surface area contributed by atoms with Gasteiger partial charge in [-0.2, -0.15) is 0 Å². The van der Waals surface area contributed by atoms with E-state index in [-0.39, 0.29) is 5.43 Å². The molecule has 0 spiro atoms. The fourth-order valence-electron chi connectivity index (χ4n) is 8.32. The molecule has 11 aromatic rings. The van der Waals surface area contributed by atoms with Crippen molar-refractivity contribution in [3.63, 3.8) is 0 Å². The highest BCUT2D eigenvalue weighted by atomic mass is 16.3. The van der Waals surface area contributed by atoms with Gasteiger partial charge in [0.25, 0.3) is 0 Å². The van der Waals surface area contributed by atoms with Crippen LogP contribution in [0.15, 0.2) is 197 Å². The first-order valence-corrected chi connectivity index (χ1v) is 18.3. The van der Waals surface area contributed by atoms with Crippen LogP contribution in [-0.4, -0.2) is 4.57 Å². The Balaban J connectivity index is 1.03. The molecular formula is C51H31NO2. The third kappa shape index (κ3) is 4.72. The third-order valence-corrected chi connectivity index (χ3v) is 11.0. The molecule has 0 amide bonds. The van der Waals surface area contributed by atoms with Gasteiger partial charge in [-0.25, -0.2) is 0 Å². The SMILES string of the molecule is O=c1c2cc(-c3ccc(-n4c5c6ccccc6ccc5c5ccc6ccccc6c54)cc3)ccc2oc2ccc(-c3cccc(-c4ccccc4)c3)cc12. The van der Waals surface area contributed by atoms with Crippen molar-refractivity contribution in [1.29, 1.82) is 0 Å². The minimum atomic E-state index is -0.0326. The Morgan fingerprint density at radius 3 is 1.41 bits per heavy atom. The molecule has 0 aliphatic carbocycles. The van der Waals surface area contributed by atoms with Gasteiger partial charge in [0.1, 0.15) is 11.2 Å². The van der Waals surface area contributed by atoms with Gasteiger partial charge in [0.05, 0.1) is 21.8 Å². The van der Waals surface area contributed by atoms with Crippen LogP contribution in [0.4, 0.5) is 0 Å². The van der Waals surface area contributed by atoms with E-state index in [0.717, 1.165) is 39.1 Å². The Morgan fingerprint density at radius 1 is 0.333 bits per heavy atom. The lowest BCUT2D eigenvalue weighted by Gasteiger charge is -2.12. The minimum absolute atomic E-state index is 0.0326. The predicted molar refractivity (Wildman–Crippen MR) is 226 cm³/mol. The molecule has 0 saturated heterocycles. The summed E-state index contributed by atoms with van der Waals surface area (Å²) in [5, 5.41) is 8.48. The number of benzene rings is 9. The predicted octanol–water partition coefficient (Wildman–Crippen LogP) is 13.4. The van der Waals surface area contributed by atoms with Gasteiger partial charge in [-0.05, 0) is 86.6 Å². The van der Waals surface area contributed by atoms with Crippen LogP contribution in [0.5, 0.6) is 0 Å². The van der Waals surface area contributed by atoms with Gasteiger partial charge in [-0.3, -0.25) is 4.79 Å². The number of hydrogen-bond acceptors (Lipinski definition) is 2. The second-order valence-electron chi connectivity index (χ2n) is 14.0. The molecule has 0 N–H and O–H groups in total. The fourth-order valence-corrected chi connectivity index (χ4v) is 8.32. The molecular weight excluding hydrogens is 659 g/mol. The van der Waals surface area contributed by atoms with Gasteiger partial charge < -0.3 is 8.98 Å². The van der Waals surface area contributed by atoms with E-state index in [9.17, 15) is 4.79 Å². The lowest BCUT2D eigenvalue weighted by Crippen LogP contribution is -2.02. The van der Waals surface area contributed by atoms with Crippen molar-refractivity contribution in [1.82, 2.24) is 4.57 Å². The Labute approximate surface area is 310 Å². The van der Waals surface area contributed by atoms with Crippen molar-refractivity contribution >= 4 is 65.3 Å². The second-order valence-corrected chi connectivity index (χ2v) is 14.0. The monoisotopic (exact) mass is 689 g/mol. The average Bonchev–Trinajstić information content (AvgIpc) is 3.59. The largest absolute Gasteiger partial charge is 0.456 e. The first-order chi connectivity index (χ1) is 26.7. The van der Waals surface area contributed by atoms with Gasteiger partial charge in [0.2, 0.25) is 5.43 Å². The summed E-state index contributed by atoms with van der Waals surface area (Å²) in [5.74, 6) is 0. The van der Waals surface area contributed by atoms with Gasteiger partial charge in [-0.15, -0.1) is 0 Å². The number of aromatic nitrogens is 1. The van der Waals surface area contributed by atoms with E-state index in [1.54, 1.807) is 0 Å². The standard InChI is InChI=1S/C51H31NO2/c53-51-45-30-38(21-27-47(45)54-48-28-22-39(31-46(48)51)37-14-8-13-36(29-37)32-9-2-1-3-10-32)33-17-23-40(24-18-33)52-49-41-15-6-4-11-34(41)19-25-43(49)44-26-20-35-12-5-7-16-42(35)50(44)52/h1-31H. The zero-order valence-electron chi connectivity index (χ0n) is 29.2.